The van der Waals surface area contributed by atoms with Gasteiger partial charge >= 0.3 is 0 Å². The first kappa shape index (κ1) is 16.7. The summed E-state index contributed by atoms with van der Waals surface area (Å²) in [5, 5.41) is 3.05. The molecule has 1 heterocycles. The normalized spacial score (nSPS) is 10.6. The number of anilines is 1. The summed E-state index contributed by atoms with van der Waals surface area (Å²) in [6.07, 6.45) is 0. The van der Waals surface area contributed by atoms with E-state index in [0.717, 1.165) is 0 Å². The van der Waals surface area contributed by atoms with Crippen LogP contribution in [0.5, 0.6) is 5.75 Å². The summed E-state index contributed by atoms with van der Waals surface area (Å²) in [6, 6.07) is 13.6. The highest BCUT2D eigenvalue weighted by Gasteiger charge is 2.12. The van der Waals surface area contributed by atoms with Crippen molar-refractivity contribution in [2.45, 2.75) is 0 Å². The van der Waals surface area contributed by atoms with Gasteiger partial charge in [-0.1, -0.05) is 12.1 Å². The van der Waals surface area contributed by atoms with Gasteiger partial charge in [0.05, 0.1) is 18.1 Å². The predicted octanol–water partition coefficient (Wildman–Crippen LogP) is 3.05. The average Bonchev–Trinajstić information content (AvgIpc) is 2.62. The molecule has 6 nitrogen and oxygen atoms in total. The second-order valence-electron chi connectivity index (χ2n) is 5.37. The number of fused-ring (bicyclic) bond motifs is 1. The highest BCUT2D eigenvalue weighted by Crippen LogP contribution is 2.30. The third-order valence-electron chi connectivity index (χ3n) is 3.66. The lowest BCUT2D eigenvalue weighted by Gasteiger charge is -2.09. The first-order chi connectivity index (χ1) is 12.1. The van der Waals surface area contributed by atoms with Crippen molar-refractivity contribution < 1.29 is 18.7 Å². The molecule has 1 aromatic heterocycles. The molecule has 0 atom stereocenters. The maximum Gasteiger partial charge on any atom is 0.250 e. The van der Waals surface area contributed by atoms with Crippen LogP contribution in [0.4, 0.5) is 5.69 Å². The molecular weight excluding hydrogens is 322 g/mol. The fraction of sp³-hybridized carbons (Fsp3) is 0.158. The molecule has 0 fully saturated rings. The largest absolute Gasteiger partial charge is 0.496 e. The van der Waals surface area contributed by atoms with Gasteiger partial charge in [0.1, 0.15) is 23.7 Å². The third-order valence-corrected chi connectivity index (χ3v) is 3.66. The Morgan fingerprint density at radius 3 is 2.68 bits per heavy atom. The molecule has 0 spiro atoms. The molecule has 6 heteroatoms. The Morgan fingerprint density at radius 1 is 1.12 bits per heavy atom. The van der Waals surface area contributed by atoms with E-state index in [0.29, 0.717) is 33.7 Å². The quantitative estimate of drug-likeness (QED) is 0.773. The van der Waals surface area contributed by atoms with Crippen molar-refractivity contribution in [2.75, 3.05) is 26.1 Å². The smallest absolute Gasteiger partial charge is 0.250 e. The van der Waals surface area contributed by atoms with Crippen molar-refractivity contribution in [1.82, 2.24) is 0 Å². The number of nitrogens with one attached hydrogen (secondary N) is 1. The summed E-state index contributed by atoms with van der Waals surface area (Å²) >= 11 is 0. The molecule has 3 aromatic rings. The second kappa shape index (κ2) is 7.19. The number of amides is 1. The van der Waals surface area contributed by atoms with Gasteiger partial charge in [-0.05, 0) is 30.3 Å². The lowest BCUT2D eigenvalue weighted by Crippen LogP contribution is -2.17. The van der Waals surface area contributed by atoms with E-state index in [2.05, 4.69) is 5.32 Å². The maximum absolute atomic E-state index is 12.5. The molecule has 3 rings (SSSR count). The van der Waals surface area contributed by atoms with Gasteiger partial charge in [-0.15, -0.1) is 0 Å². The van der Waals surface area contributed by atoms with E-state index in [4.69, 9.17) is 13.9 Å². The predicted molar refractivity (Wildman–Crippen MR) is 95.0 cm³/mol. The van der Waals surface area contributed by atoms with Crippen molar-refractivity contribution in [3.05, 3.63) is 58.8 Å². The lowest BCUT2D eigenvalue weighted by atomic mass is 10.1. The van der Waals surface area contributed by atoms with Crippen LogP contribution in [0.3, 0.4) is 0 Å². The minimum absolute atomic E-state index is 0.0562. The molecule has 0 aliphatic heterocycles. The number of methoxy groups -OCH3 is 2. The maximum atomic E-state index is 12.5. The second-order valence-corrected chi connectivity index (χ2v) is 5.37. The van der Waals surface area contributed by atoms with Crippen LogP contribution in [0.2, 0.25) is 0 Å². The van der Waals surface area contributed by atoms with Crippen LogP contribution >= 0.6 is 0 Å². The van der Waals surface area contributed by atoms with E-state index < -0.39 is 0 Å². The molecule has 1 N–H and O–H groups in total. The zero-order valence-electron chi connectivity index (χ0n) is 13.9. The molecular formula is C19H17NO5. The Kier molecular flexibility index (Phi) is 4.81. The lowest BCUT2D eigenvalue weighted by molar-refractivity contribution is -0.119. The van der Waals surface area contributed by atoms with E-state index in [1.54, 1.807) is 31.4 Å². The van der Waals surface area contributed by atoms with Gasteiger partial charge in [0, 0.05) is 18.9 Å². The summed E-state index contributed by atoms with van der Waals surface area (Å²) in [7, 11) is 3.00. The average molecular weight is 339 g/mol. The number of carbonyl (C=O) groups is 1. The number of para-hydroxylation sites is 1. The number of ether oxygens (including phenoxy) is 2. The van der Waals surface area contributed by atoms with Crippen molar-refractivity contribution in [3.8, 4) is 17.1 Å². The fourth-order valence-corrected chi connectivity index (χ4v) is 2.54. The highest BCUT2D eigenvalue weighted by atomic mass is 16.5. The minimum atomic E-state index is -0.295. The Labute approximate surface area is 144 Å². The summed E-state index contributed by atoms with van der Waals surface area (Å²) in [6.45, 7) is -0.0562. The van der Waals surface area contributed by atoms with E-state index in [1.165, 1.54) is 13.2 Å². The number of rotatable bonds is 5. The zero-order valence-corrected chi connectivity index (χ0v) is 13.9. The molecule has 2 aromatic carbocycles. The van der Waals surface area contributed by atoms with Crippen molar-refractivity contribution >= 4 is 22.6 Å². The third kappa shape index (κ3) is 3.54. The Bertz CT molecular complexity index is 977. The SMILES string of the molecule is COCC(=O)Nc1ccc2oc(-c3ccccc3OC)cc(=O)c2c1. The van der Waals surface area contributed by atoms with Crippen LogP contribution in [0.1, 0.15) is 0 Å². The minimum Gasteiger partial charge on any atom is -0.496 e. The van der Waals surface area contributed by atoms with Gasteiger partial charge in [-0.3, -0.25) is 9.59 Å². The van der Waals surface area contributed by atoms with Crippen LogP contribution in [-0.2, 0) is 9.53 Å². The summed E-state index contributed by atoms with van der Waals surface area (Å²) < 4.78 is 15.9. The van der Waals surface area contributed by atoms with E-state index in [1.807, 2.05) is 18.2 Å². The van der Waals surface area contributed by atoms with Crippen molar-refractivity contribution in [2.24, 2.45) is 0 Å². The van der Waals surface area contributed by atoms with Gasteiger partial charge in [0.25, 0.3) is 0 Å². The van der Waals surface area contributed by atoms with Crippen LogP contribution in [-0.4, -0.2) is 26.7 Å². The summed E-state index contributed by atoms with van der Waals surface area (Å²) in [4.78, 5) is 24.1. The van der Waals surface area contributed by atoms with Crippen molar-refractivity contribution in [3.63, 3.8) is 0 Å². The molecule has 0 unspecified atom stereocenters. The van der Waals surface area contributed by atoms with Crippen LogP contribution in [0, 0.1) is 0 Å². The molecule has 0 bridgehead atoms. The molecule has 128 valence electrons. The standard InChI is InChI=1S/C19H17NO5/c1-23-11-19(22)20-12-7-8-17-14(9-12)15(21)10-18(25-17)13-5-3-4-6-16(13)24-2/h3-10H,11H2,1-2H3,(H,20,22). The zero-order chi connectivity index (χ0) is 17.8. The molecule has 0 aliphatic carbocycles. The number of hydrogen-bond acceptors (Lipinski definition) is 5. The van der Waals surface area contributed by atoms with E-state index in [-0.39, 0.29) is 17.9 Å². The Balaban J connectivity index is 2.03. The Hall–Kier alpha value is -3.12. The summed E-state index contributed by atoms with van der Waals surface area (Å²) in [5.41, 5.74) is 1.43. The van der Waals surface area contributed by atoms with E-state index >= 15 is 0 Å². The Morgan fingerprint density at radius 2 is 1.92 bits per heavy atom. The fourth-order valence-electron chi connectivity index (χ4n) is 2.54. The summed E-state index contributed by atoms with van der Waals surface area (Å²) in [5.74, 6) is 0.747. The number of carbonyl (C=O) groups excluding carboxylic acids is 1. The first-order valence-corrected chi connectivity index (χ1v) is 7.62. The van der Waals surface area contributed by atoms with Gasteiger partial charge < -0.3 is 19.2 Å². The van der Waals surface area contributed by atoms with Crippen LogP contribution in [0.25, 0.3) is 22.3 Å². The molecule has 1 amide bonds. The van der Waals surface area contributed by atoms with Crippen LogP contribution in [0.15, 0.2) is 57.7 Å². The molecule has 25 heavy (non-hydrogen) atoms. The van der Waals surface area contributed by atoms with Gasteiger partial charge in [0.2, 0.25) is 5.91 Å². The monoisotopic (exact) mass is 339 g/mol. The highest BCUT2D eigenvalue weighted by molar-refractivity contribution is 5.94. The topological polar surface area (TPSA) is 77.8 Å². The van der Waals surface area contributed by atoms with Gasteiger partial charge in [-0.25, -0.2) is 0 Å². The van der Waals surface area contributed by atoms with E-state index in [9.17, 15) is 9.59 Å². The first-order valence-electron chi connectivity index (χ1n) is 7.62. The van der Waals surface area contributed by atoms with Gasteiger partial charge in [0.15, 0.2) is 5.43 Å². The molecule has 0 saturated carbocycles. The van der Waals surface area contributed by atoms with Crippen LogP contribution < -0.4 is 15.5 Å². The number of hydrogen-bond donors (Lipinski definition) is 1. The van der Waals surface area contributed by atoms with Crippen molar-refractivity contribution in [1.29, 1.82) is 0 Å². The molecule has 0 aliphatic rings. The molecule has 0 radical (unpaired) electrons. The van der Waals surface area contributed by atoms with Gasteiger partial charge in [-0.2, -0.15) is 0 Å². The molecule has 0 saturated heterocycles. The number of benzene rings is 2.